The van der Waals surface area contributed by atoms with Gasteiger partial charge in [-0.2, -0.15) is 0 Å². The van der Waals surface area contributed by atoms with Gasteiger partial charge in [-0.05, 0) is 37.6 Å². The second-order valence-corrected chi connectivity index (χ2v) is 7.77. The van der Waals surface area contributed by atoms with Crippen LogP contribution in [0, 0.1) is 0 Å². The highest BCUT2D eigenvalue weighted by Crippen LogP contribution is 2.71. The van der Waals surface area contributed by atoms with Gasteiger partial charge >= 0.3 is 0 Å². The molecule has 2 aliphatic rings. The highest BCUT2D eigenvalue weighted by Gasteiger charge is 2.67. The van der Waals surface area contributed by atoms with Crippen molar-refractivity contribution >= 4 is 12.4 Å². The predicted octanol–water partition coefficient (Wildman–Crippen LogP) is 2.20. The molecule has 3 rings (SSSR count). The van der Waals surface area contributed by atoms with Gasteiger partial charge in [-0.15, -0.1) is 0 Å². The number of ether oxygens (including phenoxy) is 2. The van der Waals surface area contributed by atoms with Crippen molar-refractivity contribution in [1.82, 2.24) is 0 Å². The molecule has 0 aliphatic carbocycles. The number of fused-ring (bicyclic) bond motifs is 1. The fraction of sp³-hybridized carbons (Fsp3) is 0.500. The first-order valence-electron chi connectivity index (χ1n) is 5.50. The van der Waals surface area contributed by atoms with Crippen molar-refractivity contribution in [2.24, 2.45) is 0 Å². The van der Waals surface area contributed by atoms with Crippen LogP contribution in [0.3, 0.4) is 0 Å². The van der Waals surface area contributed by atoms with Crippen LogP contribution in [0.25, 0.3) is 0 Å². The highest BCUT2D eigenvalue weighted by atomic mass is 31.2. The van der Waals surface area contributed by atoms with E-state index in [0.29, 0.717) is 0 Å². The SMILES string of the molecule is COc1ccc([P@]2(=O)CC[C@@]3(C)O[C@H]32)cc1. The van der Waals surface area contributed by atoms with Gasteiger partial charge in [-0.1, -0.05) is 0 Å². The Labute approximate surface area is 95.1 Å². The molecule has 0 bridgehead atoms. The number of hydrogen-bond donors (Lipinski definition) is 0. The van der Waals surface area contributed by atoms with E-state index in [0.717, 1.165) is 23.6 Å². The molecule has 86 valence electrons. The molecule has 0 spiro atoms. The third kappa shape index (κ3) is 1.28. The largest absolute Gasteiger partial charge is 0.497 e. The van der Waals surface area contributed by atoms with E-state index in [4.69, 9.17) is 9.47 Å². The summed E-state index contributed by atoms with van der Waals surface area (Å²) < 4.78 is 23.5. The van der Waals surface area contributed by atoms with Crippen molar-refractivity contribution in [2.45, 2.75) is 24.8 Å². The van der Waals surface area contributed by atoms with E-state index in [1.165, 1.54) is 0 Å². The summed E-state index contributed by atoms with van der Waals surface area (Å²) in [5.74, 6) is 0.766. The van der Waals surface area contributed by atoms with E-state index in [1.807, 2.05) is 24.3 Å². The fourth-order valence-corrected chi connectivity index (χ4v) is 6.15. The monoisotopic (exact) mass is 238 g/mol. The van der Waals surface area contributed by atoms with Gasteiger partial charge in [-0.25, -0.2) is 0 Å². The van der Waals surface area contributed by atoms with E-state index in [9.17, 15) is 4.57 Å². The quantitative estimate of drug-likeness (QED) is 0.585. The molecule has 2 heterocycles. The Morgan fingerprint density at radius 2 is 2.12 bits per heavy atom. The molecule has 0 saturated carbocycles. The molecule has 1 aromatic carbocycles. The lowest BCUT2D eigenvalue weighted by molar-refractivity contribution is 0.305. The van der Waals surface area contributed by atoms with Crippen molar-refractivity contribution < 1.29 is 14.0 Å². The maximum atomic E-state index is 12.8. The number of epoxide rings is 1. The summed E-state index contributed by atoms with van der Waals surface area (Å²) in [6.07, 6.45) is 1.70. The highest BCUT2D eigenvalue weighted by molar-refractivity contribution is 7.72. The van der Waals surface area contributed by atoms with Crippen LogP contribution in [0.5, 0.6) is 5.75 Å². The summed E-state index contributed by atoms with van der Waals surface area (Å²) in [5, 5.41) is 0.930. The first-order chi connectivity index (χ1) is 7.58. The van der Waals surface area contributed by atoms with Crippen molar-refractivity contribution in [2.75, 3.05) is 13.3 Å². The maximum absolute atomic E-state index is 12.8. The molecule has 0 N–H and O–H groups in total. The van der Waals surface area contributed by atoms with Crippen LogP contribution in [0.1, 0.15) is 13.3 Å². The molecule has 2 aliphatic heterocycles. The third-order valence-electron chi connectivity index (χ3n) is 3.67. The zero-order valence-electron chi connectivity index (χ0n) is 9.47. The molecule has 0 unspecified atom stereocenters. The molecule has 2 fully saturated rings. The first kappa shape index (κ1) is 10.4. The average Bonchev–Trinajstić information content (AvgIpc) is 2.93. The molecule has 0 aromatic heterocycles. The second kappa shape index (κ2) is 3.12. The van der Waals surface area contributed by atoms with Gasteiger partial charge in [-0.3, -0.25) is 0 Å². The van der Waals surface area contributed by atoms with Gasteiger partial charge < -0.3 is 14.0 Å². The molecule has 16 heavy (non-hydrogen) atoms. The van der Waals surface area contributed by atoms with Crippen molar-refractivity contribution in [3.8, 4) is 5.75 Å². The number of hydrogen-bond acceptors (Lipinski definition) is 3. The van der Waals surface area contributed by atoms with Crippen LogP contribution in [0.15, 0.2) is 24.3 Å². The Kier molecular flexibility index (Phi) is 2.02. The van der Waals surface area contributed by atoms with Crippen LogP contribution in [0.2, 0.25) is 0 Å². The Hall–Kier alpha value is -0.790. The molecule has 0 radical (unpaired) electrons. The number of benzene rings is 1. The number of methoxy groups -OCH3 is 1. The van der Waals surface area contributed by atoms with Crippen molar-refractivity contribution in [1.29, 1.82) is 0 Å². The van der Waals surface area contributed by atoms with Crippen molar-refractivity contribution in [3.05, 3.63) is 24.3 Å². The van der Waals surface area contributed by atoms with Gasteiger partial charge in [0.05, 0.1) is 7.11 Å². The van der Waals surface area contributed by atoms with Gasteiger partial charge in [0, 0.05) is 11.5 Å². The molecular weight excluding hydrogens is 223 g/mol. The molecule has 3 atom stereocenters. The van der Waals surface area contributed by atoms with Crippen LogP contribution >= 0.6 is 7.14 Å². The minimum absolute atomic E-state index is 0.0339. The molecule has 1 aromatic rings. The van der Waals surface area contributed by atoms with E-state index in [2.05, 4.69) is 6.92 Å². The molecular formula is C12H15O3P. The van der Waals surface area contributed by atoms with E-state index in [-0.39, 0.29) is 11.4 Å². The Balaban J connectivity index is 1.95. The first-order valence-corrected chi connectivity index (χ1v) is 7.46. The fourth-order valence-electron chi connectivity index (χ4n) is 2.53. The van der Waals surface area contributed by atoms with E-state index >= 15 is 0 Å². The normalized spacial score (nSPS) is 40.5. The molecule has 4 heteroatoms. The molecule has 2 saturated heterocycles. The minimum Gasteiger partial charge on any atom is -0.497 e. The van der Waals surface area contributed by atoms with E-state index in [1.54, 1.807) is 7.11 Å². The summed E-state index contributed by atoms with van der Waals surface area (Å²) in [5.41, 5.74) is -0.102. The second-order valence-electron chi connectivity index (χ2n) is 4.75. The molecule has 3 nitrogen and oxygen atoms in total. The average molecular weight is 238 g/mol. The van der Waals surface area contributed by atoms with E-state index < -0.39 is 7.14 Å². The zero-order valence-corrected chi connectivity index (χ0v) is 10.4. The van der Waals surface area contributed by atoms with Crippen LogP contribution in [-0.2, 0) is 9.30 Å². The zero-order chi connectivity index (χ0) is 11.4. The maximum Gasteiger partial charge on any atom is 0.145 e. The summed E-state index contributed by atoms with van der Waals surface area (Å²) >= 11 is 0. The summed E-state index contributed by atoms with van der Waals surface area (Å²) in [7, 11) is -0.680. The standard InChI is InChI=1S/C12H15O3P/c1-12-7-8-16(13,11(12)15-12)10-5-3-9(14-2)4-6-10/h3-6,11H,7-8H2,1-2H3/t11-,12+,16+/m0/s1. The summed E-state index contributed by atoms with van der Waals surface area (Å²) in [4.78, 5) is 0. The Morgan fingerprint density at radius 1 is 1.44 bits per heavy atom. The predicted molar refractivity (Wildman–Crippen MR) is 63.0 cm³/mol. The third-order valence-corrected chi connectivity index (χ3v) is 7.14. The van der Waals surface area contributed by atoms with Gasteiger partial charge in [0.1, 0.15) is 24.3 Å². The van der Waals surface area contributed by atoms with Crippen LogP contribution in [-0.4, -0.2) is 24.7 Å². The van der Waals surface area contributed by atoms with Gasteiger partial charge in [0.15, 0.2) is 0 Å². The Bertz CT molecular complexity index is 468. The Morgan fingerprint density at radius 3 is 2.56 bits per heavy atom. The van der Waals surface area contributed by atoms with Crippen molar-refractivity contribution in [3.63, 3.8) is 0 Å². The topological polar surface area (TPSA) is 38.8 Å². The van der Waals surface area contributed by atoms with Gasteiger partial charge in [0.2, 0.25) is 0 Å². The lowest BCUT2D eigenvalue weighted by Gasteiger charge is -2.12. The smallest absolute Gasteiger partial charge is 0.145 e. The summed E-state index contributed by atoms with van der Waals surface area (Å²) in [6.45, 7) is 2.06. The number of rotatable bonds is 2. The molecule has 0 amide bonds. The minimum atomic E-state index is -2.31. The van der Waals surface area contributed by atoms with Crippen LogP contribution < -0.4 is 10.0 Å². The summed E-state index contributed by atoms with van der Waals surface area (Å²) in [6, 6.07) is 7.56. The lowest BCUT2D eigenvalue weighted by atomic mass is 10.1. The van der Waals surface area contributed by atoms with Gasteiger partial charge in [0.25, 0.3) is 0 Å². The van der Waals surface area contributed by atoms with Crippen LogP contribution in [0.4, 0.5) is 0 Å². The lowest BCUT2D eigenvalue weighted by Crippen LogP contribution is -2.08.